The van der Waals surface area contributed by atoms with Crippen LogP contribution in [0.5, 0.6) is 0 Å². The van der Waals surface area contributed by atoms with Crippen LogP contribution < -0.4 is 0 Å². The zero-order valence-corrected chi connectivity index (χ0v) is 14.4. The van der Waals surface area contributed by atoms with E-state index in [0.717, 1.165) is 31.9 Å². The van der Waals surface area contributed by atoms with Gasteiger partial charge < -0.3 is 9.30 Å². The van der Waals surface area contributed by atoms with E-state index in [9.17, 15) is 0 Å². The Morgan fingerprint density at radius 2 is 2.22 bits per heavy atom. The van der Waals surface area contributed by atoms with Gasteiger partial charge in [0.25, 0.3) is 0 Å². The average Bonchev–Trinajstić information content (AvgIpc) is 3.19. The molecule has 23 heavy (non-hydrogen) atoms. The van der Waals surface area contributed by atoms with Gasteiger partial charge >= 0.3 is 0 Å². The second-order valence-corrected chi connectivity index (χ2v) is 6.80. The Balaban J connectivity index is 1.74. The first-order valence-electron chi connectivity index (χ1n) is 8.19. The van der Waals surface area contributed by atoms with Gasteiger partial charge in [0.15, 0.2) is 0 Å². The van der Waals surface area contributed by atoms with Gasteiger partial charge in [-0.2, -0.15) is 5.10 Å². The maximum atomic E-state index is 5.59. The summed E-state index contributed by atoms with van der Waals surface area (Å²) in [6.07, 6.45) is 7.06. The lowest BCUT2D eigenvalue weighted by molar-refractivity contribution is 0.107. The number of methoxy groups -OCH3 is 1. The normalized spacial score (nSPS) is 22.3. The Hall–Kier alpha value is -1.73. The summed E-state index contributed by atoms with van der Waals surface area (Å²) in [4.78, 5) is 2.41. The van der Waals surface area contributed by atoms with E-state index in [-0.39, 0.29) is 12.1 Å². The molecule has 2 aromatic rings. The smallest absolute Gasteiger partial charge is 0.150 e. The molecule has 0 saturated carbocycles. The Kier molecular flexibility index (Phi) is 4.77. The molecule has 1 aliphatic rings. The largest absolute Gasteiger partial charge is 0.380 e. The molecule has 2 atom stereocenters. The first kappa shape index (κ1) is 16.1. The molecule has 0 aromatic carbocycles. The predicted molar refractivity (Wildman–Crippen MR) is 86.6 cm³/mol. The van der Waals surface area contributed by atoms with Gasteiger partial charge in [-0.05, 0) is 12.3 Å². The Morgan fingerprint density at radius 3 is 2.87 bits per heavy atom. The highest BCUT2D eigenvalue weighted by molar-refractivity contribution is 5.08. The SMILES string of the molecule is CO[C@@H]1C[C@@H](c2nncn2C)N(Cc2cnn(CC(C)C)c2)C1. The van der Waals surface area contributed by atoms with Crippen LogP contribution >= 0.6 is 0 Å². The number of ether oxygens (including phenoxy) is 1. The van der Waals surface area contributed by atoms with Crippen LogP contribution in [0, 0.1) is 5.92 Å². The van der Waals surface area contributed by atoms with Gasteiger partial charge in [0, 0.05) is 45.6 Å². The molecule has 0 bridgehead atoms. The number of likely N-dealkylation sites (tertiary alicyclic amines) is 1. The number of nitrogens with zero attached hydrogens (tertiary/aromatic N) is 6. The second kappa shape index (κ2) is 6.80. The molecule has 0 amide bonds. The molecule has 3 heterocycles. The maximum absolute atomic E-state index is 5.59. The summed E-state index contributed by atoms with van der Waals surface area (Å²) in [5.41, 5.74) is 1.23. The van der Waals surface area contributed by atoms with Crippen LogP contribution in [-0.2, 0) is 24.9 Å². The highest BCUT2D eigenvalue weighted by Crippen LogP contribution is 2.33. The predicted octanol–water partition coefficient (Wildman–Crippen LogP) is 1.63. The summed E-state index contributed by atoms with van der Waals surface area (Å²) >= 11 is 0. The van der Waals surface area contributed by atoms with Crippen molar-refractivity contribution in [3.63, 3.8) is 0 Å². The molecule has 1 fully saturated rings. The lowest BCUT2D eigenvalue weighted by atomic mass is 10.2. The van der Waals surface area contributed by atoms with Crippen molar-refractivity contribution < 1.29 is 4.74 Å². The molecule has 7 heteroatoms. The summed E-state index contributed by atoms with van der Waals surface area (Å²) in [5.74, 6) is 1.60. The van der Waals surface area contributed by atoms with Crippen molar-refractivity contribution in [2.24, 2.45) is 13.0 Å². The molecular formula is C16H26N6O. The van der Waals surface area contributed by atoms with Crippen molar-refractivity contribution in [2.75, 3.05) is 13.7 Å². The summed E-state index contributed by atoms with van der Waals surface area (Å²) in [7, 11) is 3.77. The van der Waals surface area contributed by atoms with Crippen LogP contribution in [0.2, 0.25) is 0 Å². The van der Waals surface area contributed by atoms with Crippen molar-refractivity contribution >= 4 is 0 Å². The van der Waals surface area contributed by atoms with Gasteiger partial charge in [0.1, 0.15) is 12.2 Å². The first-order chi connectivity index (χ1) is 11.1. The fraction of sp³-hybridized carbons (Fsp3) is 0.688. The summed E-state index contributed by atoms with van der Waals surface area (Å²) in [6.45, 7) is 7.12. The van der Waals surface area contributed by atoms with Crippen LogP contribution in [0.25, 0.3) is 0 Å². The summed E-state index contributed by atoms with van der Waals surface area (Å²) in [5, 5.41) is 12.8. The Labute approximate surface area is 137 Å². The van der Waals surface area contributed by atoms with Gasteiger partial charge in [-0.1, -0.05) is 13.8 Å². The molecule has 0 aliphatic carbocycles. The zero-order chi connectivity index (χ0) is 16.4. The van der Waals surface area contributed by atoms with E-state index in [2.05, 4.69) is 40.2 Å². The quantitative estimate of drug-likeness (QED) is 0.810. The third-order valence-corrected chi connectivity index (χ3v) is 4.37. The van der Waals surface area contributed by atoms with Crippen molar-refractivity contribution in [3.05, 3.63) is 30.1 Å². The van der Waals surface area contributed by atoms with E-state index in [4.69, 9.17) is 4.74 Å². The van der Waals surface area contributed by atoms with E-state index < -0.39 is 0 Å². The average molecular weight is 318 g/mol. The minimum atomic E-state index is 0.237. The van der Waals surface area contributed by atoms with Crippen LogP contribution in [0.4, 0.5) is 0 Å². The van der Waals surface area contributed by atoms with Crippen molar-refractivity contribution in [3.8, 4) is 0 Å². The van der Waals surface area contributed by atoms with Crippen LogP contribution in [0.3, 0.4) is 0 Å². The van der Waals surface area contributed by atoms with E-state index in [0.29, 0.717) is 5.92 Å². The molecule has 1 saturated heterocycles. The van der Waals surface area contributed by atoms with E-state index in [1.54, 1.807) is 13.4 Å². The third kappa shape index (κ3) is 3.61. The van der Waals surface area contributed by atoms with Gasteiger partial charge in [-0.3, -0.25) is 9.58 Å². The molecule has 2 aromatic heterocycles. The van der Waals surface area contributed by atoms with E-state index in [1.165, 1.54) is 5.56 Å². The minimum Gasteiger partial charge on any atom is -0.380 e. The first-order valence-corrected chi connectivity index (χ1v) is 8.19. The maximum Gasteiger partial charge on any atom is 0.150 e. The van der Waals surface area contributed by atoms with E-state index in [1.807, 2.05) is 22.5 Å². The third-order valence-electron chi connectivity index (χ3n) is 4.37. The van der Waals surface area contributed by atoms with Gasteiger partial charge in [-0.25, -0.2) is 0 Å². The zero-order valence-electron chi connectivity index (χ0n) is 14.4. The van der Waals surface area contributed by atoms with Gasteiger partial charge in [-0.15, -0.1) is 10.2 Å². The van der Waals surface area contributed by atoms with Crippen LogP contribution in [-0.4, -0.2) is 49.2 Å². The van der Waals surface area contributed by atoms with Crippen LogP contribution in [0.1, 0.15) is 37.7 Å². The van der Waals surface area contributed by atoms with Gasteiger partial charge in [0.05, 0.1) is 18.3 Å². The molecule has 126 valence electrons. The number of hydrogen-bond acceptors (Lipinski definition) is 5. The molecule has 0 unspecified atom stereocenters. The number of aromatic nitrogens is 5. The lowest BCUT2D eigenvalue weighted by Crippen LogP contribution is -2.26. The molecule has 0 N–H and O–H groups in total. The highest BCUT2D eigenvalue weighted by atomic mass is 16.5. The van der Waals surface area contributed by atoms with Crippen molar-refractivity contribution in [2.45, 2.75) is 45.5 Å². The van der Waals surface area contributed by atoms with Gasteiger partial charge in [0.2, 0.25) is 0 Å². The van der Waals surface area contributed by atoms with Crippen molar-refractivity contribution in [1.82, 2.24) is 29.4 Å². The van der Waals surface area contributed by atoms with Crippen molar-refractivity contribution in [1.29, 1.82) is 0 Å². The van der Waals surface area contributed by atoms with E-state index >= 15 is 0 Å². The molecule has 0 spiro atoms. The fourth-order valence-electron chi connectivity index (χ4n) is 3.27. The topological polar surface area (TPSA) is 61.0 Å². The Morgan fingerprint density at radius 1 is 1.39 bits per heavy atom. The second-order valence-electron chi connectivity index (χ2n) is 6.80. The lowest BCUT2D eigenvalue weighted by Gasteiger charge is -2.22. The Bertz CT molecular complexity index is 634. The number of aryl methyl sites for hydroxylation is 1. The monoisotopic (exact) mass is 318 g/mol. The minimum absolute atomic E-state index is 0.237. The molecule has 7 nitrogen and oxygen atoms in total. The fourth-order valence-corrected chi connectivity index (χ4v) is 3.27. The number of hydrogen-bond donors (Lipinski definition) is 0. The standard InChI is InChI=1S/C16H26N6O/c1-12(2)7-22-9-13(6-18-22)8-21-10-14(23-4)5-15(21)16-19-17-11-20(16)3/h6,9,11-12,14-15H,5,7-8,10H2,1-4H3/t14-,15+/m1/s1. The highest BCUT2D eigenvalue weighted by Gasteiger charge is 2.35. The molecule has 0 radical (unpaired) electrons. The molecule has 3 rings (SSSR count). The molecule has 1 aliphatic heterocycles. The summed E-state index contributed by atoms with van der Waals surface area (Å²) in [6, 6.07) is 0.237. The number of rotatable bonds is 6. The summed E-state index contributed by atoms with van der Waals surface area (Å²) < 4.78 is 9.61. The van der Waals surface area contributed by atoms with Crippen LogP contribution in [0.15, 0.2) is 18.7 Å². The molecular weight excluding hydrogens is 292 g/mol.